The van der Waals surface area contributed by atoms with E-state index in [1.54, 1.807) is 24.1 Å². The van der Waals surface area contributed by atoms with Crippen LogP contribution in [0.15, 0.2) is 48.5 Å². The number of methoxy groups -OCH3 is 1. The van der Waals surface area contributed by atoms with E-state index in [9.17, 15) is 9.59 Å². The van der Waals surface area contributed by atoms with Crippen molar-refractivity contribution in [2.45, 2.75) is 12.5 Å². The molecule has 0 aromatic heterocycles. The van der Waals surface area contributed by atoms with E-state index in [-0.39, 0.29) is 24.3 Å². The molecule has 170 valence electrons. The van der Waals surface area contributed by atoms with Gasteiger partial charge in [0.05, 0.1) is 43.0 Å². The summed E-state index contributed by atoms with van der Waals surface area (Å²) in [6, 6.07) is 15.2. The first-order valence-electron chi connectivity index (χ1n) is 10.8. The highest BCUT2D eigenvalue weighted by molar-refractivity contribution is 6.33. The number of para-hydroxylation sites is 1. The van der Waals surface area contributed by atoms with Gasteiger partial charge in [0.2, 0.25) is 11.8 Å². The Kier molecular flexibility index (Phi) is 7.29. The first kappa shape index (κ1) is 22.6. The molecular formula is C24H28ClN3O4. The summed E-state index contributed by atoms with van der Waals surface area (Å²) in [5.41, 5.74) is 1.76. The maximum absolute atomic E-state index is 13.0. The Morgan fingerprint density at radius 3 is 2.59 bits per heavy atom. The summed E-state index contributed by atoms with van der Waals surface area (Å²) in [6.45, 7) is 3.74. The van der Waals surface area contributed by atoms with Crippen LogP contribution in [0.25, 0.3) is 0 Å². The van der Waals surface area contributed by atoms with Gasteiger partial charge in [0.25, 0.3) is 0 Å². The molecule has 0 bridgehead atoms. The lowest BCUT2D eigenvalue weighted by molar-refractivity contribution is -0.126. The number of amides is 2. The highest BCUT2D eigenvalue weighted by atomic mass is 35.5. The fourth-order valence-corrected chi connectivity index (χ4v) is 4.54. The number of carbonyl (C=O) groups is 2. The van der Waals surface area contributed by atoms with Crippen LogP contribution in [0.2, 0.25) is 5.02 Å². The molecule has 0 saturated carbocycles. The summed E-state index contributed by atoms with van der Waals surface area (Å²) in [4.78, 5) is 29.5. The van der Waals surface area contributed by atoms with Crippen LogP contribution in [0.4, 0.5) is 5.69 Å². The summed E-state index contributed by atoms with van der Waals surface area (Å²) < 4.78 is 10.8. The van der Waals surface area contributed by atoms with E-state index in [1.807, 2.05) is 36.4 Å². The number of ether oxygens (including phenoxy) is 2. The molecule has 2 amide bonds. The first-order chi connectivity index (χ1) is 15.6. The van der Waals surface area contributed by atoms with E-state index in [2.05, 4.69) is 10.2 Å². The SMILES string of the molecule is COc1ccc(C(CNC(=O)C2CC(=O)N(c3ccccc3Cl)C2)N2CCOCC2)cc1. The third kappa shape index (κ3) is 5.06. The Morgan fingerprint density at radius 1 is 1.19 bits per heavy atom. The fraction of sp³-hybridized carbons (Fsp3) is 0.417. The van der Waals surface area contributed by atoms with Gasteiger partial charge in [0, 0.05) is 32.6 Å². The van der Waals surface area contributed by atoms with Crippen LogP contribution < -0.4 is 15.0 Å². The van der Waals surface area contributed by atoms with E-state index >= 15 is 0 Å². The number of nitrogens with one attached hydrogen (secondary N) is 1. The third-order valence-electron chi connectivity index (χ3n) is 6.10. The molecule has 32 heavy (non-hydrogen) atoms. The van der Waals surface area contributed by atoms with Gasteiger partial charge in [0.1, 0.15) is 5.75 Å². The number of benzene rings is 2. The van der Waals surface area contributed by atoms with Crippen LogP contribution in [-0.4, -0.2) is 63.2 Å². The Morgan fingerprint density at radius 2 is 1.91 bits per heavy atom. The number of morpholine rings is 1. The average Bonchev–Trinajstić information content (AvgIpc) is 3.22. The van der Waals surface area contributed by atoms with Crippen molar-refractivity contribution in [3.63, 3.8) is 0 Å². The average molecular weight is 458 g/mol. The van der Waals surface area contributed by atoms with Crippen molar-refractivity contribution in [1.82, 2.24) is 10.2 Å². The molecule has 2 aromatic rings. The zero-order valence-electron chi connectivity index (χ0n) is 18.1. The molecule has 0 radical (unpaired) electrons. The highest BCUT2D eigenvalue weighted by Gasteiger charge is 2.36. The van der Waals surface area contributed by atoms with Gasteiger partial charge in [-0.2, -0.15) is 0 Å². The zero-order valence-corrected chi connectivity index (χ0v) is 18.9. The molecule has 2 saturated heterocycles. The maximum atomic E-state index is 13.0. The predicted molar refractivity (Wildman–Crippen MR) is 123 cm³/mol. The largest absolute Gasteiger partial charge is 0.497 e. The number of hydrogen-bond donors (Lipinski definition) is 1. The van der Waals surface area contributed by atoms with Crippen molar-refractivity contribution in [2.75, 3.05) is 51.4 Å². The monoisotopic (exact) mass is 457 g/mol. The molecule has 2 unspecified atom stereocenters. The van der Waals surface area contributed by atoms with Gasteiger partial charge in [-0.15, -0.1) is 0 Å². The van der Waals surface area contributed by atoms with Gasteiger partial charge in [-0.1, -0.05) is 35.9 Å². The number of carbonyl (C=O) groups excluding carboxylic acids is 2. The second kappa shape index (κ2) is 10.3. The van der Waals surface area contributed by atoms with Crippen molar-refractivity contribution >= 4 is 29.1 Å². The van der Waals surface area contributed by atoms with Crippen molar-refractivity contribution in [3.8, 4) is 5.75 Å². The molecule has 1 N–H and O–H groups in total. The Labute approximate surface area is 193 Å². The topological polar surface area (TPSA) is 71.1 Å². The predicted octanol–water partition coefficient (Wildman–Crippen LogP) is 2.89. The zero-order chi connectivity index (χ0) is 22.5. The fourth-order valence-electron chi connectivity index (χ4n) is 4.30. The van der Waals surface area contributed by atoms with Gasteiger partial charge in [-0.05, 0) is 29.8 Å². The molecule has 4 rings (SSSR count). The van der Waals surface area contributed by atoms with E-state index in [0.29, 0.717) is 37.0 Å². The minimum Gasteiger partial charge on any atom is -0.497 e. The van der Waals surface area contributed by atoms with Crippen molar-refractivity contribution in [1.29, 1.82) is 0 Å². The van der Waals surface area contributed by atoms with Crippen LogP contribution in [0, 0.1) is 5.92 Å². The van der Waals surface area contributed by atoms with Gasteiger partial charge < -0.3 is 19.7 Å². The lowest BCUT2D eigenvalue weighted by Gasteiger charge is -2.35. The molecule has 2 aliphatic heterocycles. The molecule has 0 aliphatic carbocycles. The van der Waals surface area contributed by atoms with Crippen LogP contribution in [0.5, 0.6) is 5.75 Å². The standard InChI is InChI=1S/C24H28ClN3O4/c1-31-19-8-6-17(7-9-19)22(27-10-12-32-13-11-27)15-26-24(30)18-14-23(29)28(16-18)21-5-3-2-4-20(21)25/h2-9,18,22H,10-16H2,1H3,(H,26,30). The van der Waals surface area contributed by atoms with Crippen molar-refractivity contribution < 1.29 is 19.1 Å². The minimum atomic E-state index is -0.403. The molecular weight excluding hydrogens is 430 g/mol. The Balaban J connectivity index is 1.42. The van der Waals surface area contributed by atoms with Gasteiger partial charge >= 0.3 is 0 Å². The lowest BCUT2D eigenvalue weighted by atomic mass is 10.0. The summed E-state index contributed by atoms with van der Waals surface area (Å²) in [7, 11) is 1.64. The number of halogens is 1. The van der Waals surface area contributed by atoms with Crippen LogP contribution in [0.1, 0.15) is 18.0 Å². The van der Waals surface area contributed by atoms with Crippen LogP contribution in [0.3, 0.4) is 0 Å². The Bertz CT molecular complexity index is 947. The molecule has 2 aromatic carbocycles. The molecule has 2 aliphatic rings. The second-order valence-corrected chi connectivity index (χ2v) is 8.45. The van der Waals surface area contributed by atoms with E-state index < -0.39 is 5.92 Å². The molecule has 2 atom stereocenters. The van der Waals surface area contributed by atoms with E-state index in [4.69, 9.17) is 21.1 Å². The van der Waals surface area contributed by atoms with Gasteiger partial charge in [-0.25, -0.2) is 0 Å². The first-order valence-corrected chi connectivity index (χ1v) is 11.2. The van der Waals surface area contributed by atoms with Crippen LogP contribution in [-0.2, 0) is 14.3 Å². The number of anilines is 1. The molecule has 2 fully saturated rings. The molecule has 8 heteroatoms. The number of hydrogen-bond acceptors (Lipinski definition) is 5. The quantitative estimate of drug-likeness (QED) is 0.692. The van der Waals surface area contributed by atoms with Gasteiger partial charge in [0.15, 0.2) is 0 Å². The lowest BCUT2D eigenvalue weighted by Crippen LogP contribution is -2.45. The molecule has 7 nitrogen and oxygen atoms in total. The van der Waals surface area contributed by atoms with Crippen molar-refractivity contribution in [2.24, 2.45) is 5.92 Å². The minimum absolute atomic E-state index is 0.0190. The summed E-state index contributed by atoms with van der Waals surface area (Å²) >= 11 is 6.26. The summed E-state index contributed by atoms with van der Waals surface area (Å²) in [5.74, 6) is 0.195. The second-order valence-electron chi connectivity index (χ2n) is 8.04. The van der Waals surface area contributed by atoms with E-state index in [0.717, 1.165) is 24.4 Å². The molecule has 2 heterocycles. The Hall–Kier alpha value is -2.61. The van der Waals surface area contributed by atoms with Gasteiger partial charge in [-0.3, -0.25) is 14.5 Å². The third-order valence-corrected chi connectivity index (χ3v) is 6.42. The smallest absolute Gasteiger partial charge is 0.227 e. The van der Waals surface area contributed by atoms with E-state index in [1.165, 1.54) is 0 Å². The normalized spacial score (nSPS) is 20.2. The molecule has 0 spiro atoms. The summed E-state index contributed by atoms with van der Waals surface area (Å²) in [5, 5.41) is 3.60. The highest BCUT2D eigenvalue weighted by Crippen LogP contribution is 2.31. The van der Waals surface area contributed by atoms with Crippen molar-refractivity contribution in [3.05, 3.63) is 59.1 Å². The number of rotatable bonds is 7. The van der Waals surface area contributed by atoms with Crippen LogP contribution >= 0.6 is 11.6 Å². The maximum Gasteiger partial charge on any atom is 0.227 e. The number of nitrogens with zero attached hydrogens (tertiary/aromatic N) is 2. The summed E-state index contributed by atoms with van der Waals surface area (Å²) in [6.07, 6.45) is 0.182.